The van der Waals surface area contributed by atoms with Gasteiger partial charge in [-0.2, -0.15) is 0 Å². The van der Waals surface area contributed by atoms with Crippen LogP contribution in [0.4, 0.5) is 10.1 Å². The molecule has 24 heavy (non-hydrogen) atoms. The number of hydrogen-bond acceptors (Lipinski definition) is 3. The van der Waals surface area contributed by atoms with E-state index in [-0.39, 0.29) is 11.8 Å². The van der Waals surface area contributed by atoms with Gasteiger partial charge < -0.3 is 14.8 Å². The molecule has 6 heteroatoms. The molecule has 1 amide bonds. The first-order valence-corrected chi connectivity index (χ1v) is 8.10. The summed E-state index contributed by atoms with van der Waals surface area (Å²) < 4.78 is 24.9. The van der Waals surface area contributed by atoms with Crippen LogP contribution in [0.25, 0.3) is 0 Å². The standard InChI is InChI=1S/C18H17ClFNO3/c19-13-6-7-16(20)17(10-13)21-18(22)12-3-1-4-14(9-12)24-11-15-5-2-8-23-15/h1,3-4,6-7,9-10,15H,2,5,8,11H2,(H,21,22). The minimum absolute atomic E-state index is 0.0400. The fourth-order valence-corrected chi connectivity index (χ4v) is 2.65. The van der Waals surface area contributed by atoms with Crippen molar-refractivity contribution in [3.63, 3.8) is 0 Å². The van der Waals surface area contributed by atoms with Crippen molar-refractivity contribution < 1.29 is 18.7 Å². The second-order valence-corrected chi connectivity index (χ2v) is 5.99. The van der Waals surface area contributed by atoms with E-state index in [1.54, 1.807) is 24.3 Å². The molecule has 1 aliphatic heterocycles. The summed E-state index contributed by atoms with van der Waals surface area (Å²) in [6.07, 6.45) is 2.12. The molecule has 0 bridgehead atoms. The maximum Gasteiger partial charge on any atom is 0.255 e. The quantitative estimate of drug-likeness (QED) is 0.876. The summed E-state index contributed by atoms with van der Waals surface area (Å²) >= 11 is 5.83. The molecule has 1 atom stereocenters. The van der Waals surface area contributed by atoms with Gasteiger partial charge in [0.25, 0.3) is 5.91 Å². The van der Waals surface area contributed by atoms with E-state index < -0.39 is 11.7 Å². The number of rotatable bonds is 5. The Morgan fingerprint density at radius 1 is 1.33 bits per heavy atom. The minimum Gasteiger partial charge on any atom is -0.491 e. The van der Waals surface area contributed by atoms with Gasteiger partial charge in [0.15, 0.2) is 0 Å². The molecule has 1 fully saturated rings. The second kappa shape index (κ2) is 7.64. The van der Waals surface area contributed by atoms with Crippen LogP contribution in [-0.4, -0.2) is 25.2 Å². The van der Waals surface area contributed by atoms with E-state index in [0.717, 1.165) is 19.4 Å². The predicted octanol–water partition coefficient (Wildman–Crippen LogP) is 4.29. The number of hydrogen-bond donors (Lipinski definition) is 1. The SMILES string of the molecule is O=C(Nc1cc(Cl)ccc1F)c1cccc(OCC2CCCO2)c1. The first-order chi connectivity index (χ1) is 11.6. The Bertz CT molecular complexity index is 732. The molecular formula is C18H17ClFNO3. The van der Waals surface area contributed by atoms with Gasteiger partial charge in [-0.25, -0.2) is 4.39 Å². The summed E-state index contributed by atoms with van der Waals surface area (Å²) in [5.41, 5.74) is 0.414. The molecular weight excluding hydrogens is 333 g/mol. The molecule has 1 saturated heterocycles. The molecule has 0 aliphatic carbocycles. The average molecular weight is 350 g/mol. The Hall–Kier alpha value is -2.11. The molecule has 1 N–H and O–H groups in total. The molecule has 0 radical (unpaired) electrons. The van der Waals surface area contributed by atoms with Crippen LogP contribution in [0.3, 0.4) is 0 Å². The zero-order valence-corrected chi connectivity index (χ0v) is 13.7. The summed E-state index contributed by atoms with van der Waals surface area (Å²) in [5.74, 6) is -0.401. The molecule has 3 rings (SSSR count). The second-order valence-electron chi connectivity index (χ2n) is 5.55. The van der Waals surface area contributed by atoms with Crippen molar-refractivity contribution in [2.24, 2.45) is 0 Å². The Kier molecular flexibility index (Phi) is 5.33. The third-order valence-corrected chi connectivity index (χ3v) is 3.97. The highest BCUT2D eigenvalue weighted by Crippen LogP contribution is 2.22. The fraction of sp³-hybridized carbons (Fsp3) is 0.278. The van der Waals surface area contributed by atoms with E-state index in [0.29, 0.717) is 22.9 Å². The Balaban J connectivity index is 1.66. The van der Waals surface area contributed by atoms with Gasteiger partial charge in [-0.05, 0) is 49.2 Å². The average Bonchev–Trinajstić information content (AvgIpc) is 3.10. The van der Waals surface area contributed by atoms with Gasteiger partial charge in [0.05, 0.1) is 11.8 Å². The lowest BCUT2D eigenvalue weighted by Gasteiger charge is -2.12. The van der Waals surface area contributed by atoms with Gasteiger partial charge in [0.2, 0.25) is 0 Å². The first kappa shape index (κ1) is 16.7. The fourth-order valence-electron chi connectivity index (χ4n) is 2.48. The van der Waals surface area contributed by atoms with Crippen LogP contribution in [0.2, 0.25) is 5.02 Å². The first-order valence-electron chi connectivity index (χ1n) is 7.73. The summed E-state index contributed by atoms with van der Waals surface area (Å²) in [5, 5.41) is 2.86. The zero-order chi connectivity index (χ0) is 16.9. The van der Waals surface area contributed by atoms with Crippen LogP contribution in [0.5, 0.6) is 5.75 Å². The molecule has 0 aromatic heterocycles. The van der Waals surface area contributed by atoms with Crippen molar-refractivity contribution in [2.75, 3.05) is 18.5 Å². The minimum atomic E-state index is -0.543. The van der Waals surface area contributed by atoms with E-state index in [1.165, 1.54) is 18.2 Å². The molecule has 1 aliphatic rings. The highest BCUT2D eigenvalue weighted by molar-refractivity contribution is 6.31. The molecule has 2 aromatic carbocycles. The van der Waals surface area contributed by atoms with E-state index in [1.807, 2.05) is 0 Å². The lowest BCUT2D eigenvalue weighted by atomic mass is 10.2. The van der Waals surface area contributed by atoms with Crippen molar-refractivity contribution in [1.29, 1.82) is 0 Å². The van der Waals surface area contributed by atoms with Crippen LogP contribution in [0, 0.1) is 5.82 Å². The van der Waals surface area contributed by atoms with Crippen LogP contribution >= 0.6 is 11.6 Å². The van der Waals surface area contributed by atoms with Crippen LogP contribution < -0.4 is 10.1 Å². The number of carbonyl (C=O) groups is 1. The highest BCUT2D eigenvalue weighted by Gasteiger charge is 2.16. The van der Waals surface area contributed by atoms with Gasteiger partial charge in [-0.1, -0.05) is 17.7 Å². The number of anilines is 1. The Morgan fingerprint density at radius 3 is 3.00 bits per heavy atom. The molecule has 126 valence electrons. The van der Waals surface area contributed by atoms with Gasteiger partial charge in [0, 0.05) is 17.2 Å². The molecule has 0 spiro atoms. The molecule has 2 aromatic rings. The topological polar surface area (TPSA) is 47.6 Å². The number of carbonyl (C=O) groups excluding carboxylic acids is 1. The predicted molar refractivity (Wildman–Crippen MR) is 90.3 cm³/mol. The van der Waals surface area contributed by atoms with E-state index >= 15 is 0 Å². The lowest BCUT2D eigenvalue weighted by Crippen LogP contribution is -2.17. The molecule has 0 saturated carbocycles. The third kappa shape index (κ3) is 4.24. The molecule has 1 heterocycles. The van der Waals surface area contributed by atoms with E-state index in [9.17, 15) is 9.18 Å². The highest BCUT2D eigenvalue weighted by atomic mass is 35.5. The van der Waals surface area contributed by atoms with E-state index in [2.05, 4.69) is 5.32 Å². The number of halogens is 2. The van der Waals surface area contributed by atoms with Crippen LogP contribution in [-0.2, 0) is 4.74 Å². The summed E-state index contributed by atoms with van der Waals surface area (Å²) in [4.78, 5) is 12.3. The van der Waals surface area contributed by atoms with Gasteiger partial charge in [-0.15, -0.1) is 0 Å². The molecule has 1 unspecified atom stereocenters. The van der Waals surface area contributed by atoms with Crippen molar-refractivity contribution in [3.8, 4) is 5.75 Å². The zero-order valence-electron chi connectivity index (χ0n) is 12.9. The van der Waals surface area contributed by atoms with Crippen molar-refractivity contribution >= 4 is 23.2 Å². The van der Waals surface area contributed by atoms with Crippen LogP contribution in [0.15, 0.2) is 42.5 Å². The van der Waals surface area contributed by atoms with Gasteiger partial charge in [0.1, 0.15) is 18.2 Å². The lowest BCUT2D eigenvalue weighted by molar-refractivity contribution is 0.0679. The van der Waals surface area contributed by atoms with Crippen molar-refractivity contribution in [2.45, 2.75) is 18.9 Å². The van der Waals surface area contributed by atoms with Gasteiger partial charge >= 0.3 is 0 Å². The number of amides is 1. The number of nitrogens with one attached hydrogen (secondary N) is 1. The number of ether oxygens (including phenoxy) is 2. The largest absolute Gasteiger partial charge is 0.491 e. The Morgan fingerprint density at radius 2 is 2.21 bits per heavy atom. The summed E-state index contributed by atoms with van der Waals surface area (Å²) in [7, 11) is 0. The maximum absolute atomic E-state index is 13.7. The third-order valence-electron chi connectivity index (χ3n) is 3.73. The molecule has 4 nitrogen and oxygen atoms in total. The van der Waals surface area contributed by atoms with E-state index in [4.69, 9.17) is 21.1 Å². The van der Waals surface area contributed by atoms with Crippen molar-refractivity contribution in [1.82, 2.24) is 0 Å². The number of benzene rings is 2. The maximum atomic E-state index is 13.7. The van der Waals surface area contributed by atoms with Gasteiger partial charge in [-0.3, -0.25) is 4.79 Å². The Labute approximate surface area is 144 Å². The summed E-state index contributed by atoms with van der Waals surface area (Å²) in [6, 6.07) is 10.7. The van der Waals surface area contributed by atoms with Crippen LogP contribution in [0.1, 0.15) is 23.2 Å². The summed E-state index contributed by atoms with van der Waals surface area (Å²) in [6.45, 7) is 1.22. The van der Waals surface area contributed by atoms with Crippen molar-refractivity contribution in [3.05, 3.63) is 58.9 Å². The normalized spacial score (nSPS) is 16.8. The smallest absolute Gasteiger partial charge is 0.255 e. The monoisotopic (exact) mass is 349 g/mol.